The molecule has 10 nitrogen and oxygen atoms in total. The normalized spacial score (nSPS) is 24.8. The molecule has 0 unspecified atom stereocenters. The van der Waals surface area contributed by atoms with Crippen molar-refractivity contribution in [2.75, 3.05) is 26.3 Å². The summed E-state index contributed by atoms with van der Waals surface area (Å²) in [5, 5.41) is 8.66. The summed E-state index contributed by atoms with van der Waals surface area (Å²) in [5.74, 6) is 0.932. The highest BCUT2D eigenvalue weighted by atomic mass is 32.2. The van der Waals surface area contributed by atoms with Crippen molar-refractivity contribution in [3.63, 3.8) is 0 Å². The molecule has 2 aliphatic rings. The summed E-state index contributed by atoms with van der Waals surface area (Å²) >= 11 is 0. The maximum Gasteiger partial charge on any atom is 0.279 e. The van der Waals surface area contributed by atoms with E-state index in [0.717, 1.165) is 23.4 Å². The highest BCUT2D eigenvalue weighted by Gasteiger charge is 2.42. The fraction of sp³-hybridized carbons (Fsp3) is 0.562. The Hall–Kier alpha value is -2.08. The van der Waals surface area contributed by atoms with E-state index in [4.69, 9.17) is 4.74 Å². The lowest BCUT2D eigenvalue weighted by Crippen LogP contribution is -2.52. The standard InChI is InChI=1S/C16H21N7O3S/c1-2-10-6-22(27(24,25)21-11-8-26-9-11)7-12(10)16-20-19-14-5-18-15-13(23(14)16)3-4-17-15/h3-5,10-12,17,21H,2,6-9H2,1H3/t10-,12+/m0/s1. The van der Waals surface area contributed by atoms with Crippen LogP contribution in [0.4, 0.5) is 0 Å². The van der Waals surface area contributed by atoms with Crippen LogP contribution in [0.25, 0.3) is 16.8 Å². The number of nitrogens with one attached hydrogen (secondary N) is 2. The summed E-state index contributed by atoms with van der Waals surface area (Å²) < 4.78 is 36.8. The van der Waals surface area contributed by atoms with Gasteiger partial charge in [-0.25, -0.2) is 4.98 Å². The third-order valence-corrected chi connectivity index (χ3v) is 7.13. The Labute approximate surface area is 156 Å². The molecule has 0 radical (unpaired) electrons. The van der Waals surface area contributed by atoms with Crippen LogP contribution >= 0.6 is 0 Å². The Morgan fingerprint density at radius 2 is 2.19 bits per heavy atom. The SMILES string of the molecule is CC[C@H]1CN(S(=O)(=O)NC2COC2)C[C@H]1c1nnc2cnc3[nH]ccc3n12. The molecule has 2 N–H and O–H groups in total. The average Bonchev–Trinajstić information content (AvgIpc) is 3.33. The molecule has 11 heteroatoms. The molecule has 2 fully saturated rings. The zero-order chi connectivity index (χ0) is 18.6. The first-order valence-corrected chi connectivity index (χ1v) is 10.5. The molecule has 0 aliphatic carbocycles. The van der Waals surface area contributed by atoms with E-state index in [-0.39, 0.29) is 17.9 Å². The molecule has 3 aromatic rings. The van der Waals surface area contributed by atoms with Gasteiger partial charge in [0.25, 0.3) is 10.2 Å². The third-order valence-electron chi connectivity index (χ3n) is 5.52. The van der Waals surface area contributed by atoms with Crippen molar-refractivity contribution in [2.24, 2.45) is 5.92 Å². The Morgan fingerprint density at radius 3 is 2.93 bits per heavy atom. The number of ether oxygens (including phenoxy) is 1. The quantitative estimate of drug-likeness (QED) is 0.644. The van der Waals surface area contributed by atoms with Gasteiger partial charge in [0, 0.05) is 25.2 Å². The van der Waals surface area contributed by atoms with E-state index in [1.54, 1.807) is 6.20 Å². The molecule has 144 valence electrons. The smallest absolute Gasteiger partial charge is 0.279 e. The lowest BCUT2D eigenvalue weighted by molar-refractivity contribution is 0.00421. The van der Waals surface area contributed by atoms with Gasteiger partial charge in [-0.05, 0) is 12.0 Å². The number of rotatable bonds is 5. The largest absolute Gasteiger partial charge is 0.378 e. The van der Waals surface area contributed by atoms with Crippen molar-refractivity contribution in [2.45, 2.75) is 25.3 Å². The number of H-pyrrole nitrogens is 1. The predicted octanol–water partition coefficient (Wildman–Crippen LogP) is 0.264. The van der Waals surface area contributed by atoms with Crippen molar-refractivity contribution in [1.82, 2.24) is 33.6 Å². The Bertz CT molecular complexity index is 1090. The van der Waals surface area contributed by atoms with Crippen LogP contribution in [-0.4, -0.2) is 69.6 Å². The van der Waals surface area contributed by atoms with Gasteiger partial charge in [-0.3, -0.25) is 4.40 Å². The van der Waals surface area contributed by atoms with Gasteiger partial charge in [-0.1, -0.05) is 13.3 Å². The van der Waals surface area contributed by atoms with Gasteiger partial charge >= 0.3 is 0 Å². The highest BCUT2D eigenvalue weighted by molar-refractivity contribution is 7.87. The minimum Gasteiger partial charge on any atom is -0.378 e. The van der Waals surface area contributed by atoms with Gasteiger partial charge < -0.3 is 9.72 Å². The van der Waals surface area contributed by atoms with Crippen molar-refractivity contribution in [3.8, 4) is 0 Å². The molecule has 0 bridgehead atoms. The molecular weight excluding hydrogens is 370 g/mol. The third kappa shape index (κ3) is 2.73. The number of aromatic nitrogens is 5. The summed E-state index contributed by atoms with van der Waals surface area (Å²) in [5.41, 5.74) is 2.32. The summed E-state index contributed by atoms with van der Waals surface area (Å²) in [6.07, 6.45) is 4.37. The zero-order valence-electron chi connectivity index (χ0n) is 14.9. The van der Waals surface area contributed by atoms with Crippen molar-refractivity contribution < 1.29 is 13.2 Å². The minimum atomic E-state index is -3.54. The first-order valence-electron chi connectivity index (χ1n) is 9.09. The Balaban J connectivity index is 1.51. The zero-order valence-corrected chi connectivity index (χ0v) is 15.7. The second-order valence-corrected chi connectivity index (χ2v) is 8.87. The summed E-state index contributed by atoms with van der Waals surface area (Å²) in [7, 11) is -3.54. The van der Waals surface area contributed by atoms with E-state index in [1.807, 2.05) is 16.7 Å². The fourth-order valence-corrected chi connectivity index (χ4v) is 5.41. The van der Waals surface area contributed by atoms with Gasteiger partial charge in [-0.2, -0.15) is 17.4 Å². The molecule has 0 saturated carbocycles. The van der Waals surface area contributed by atoms with E-state index < -0.39 is 10.2 Å². The van der Waals surface area contributed by atoms with E-state index in [1.165, 1.54) is 4.31 Å². The molecule has 0 amide bonds. The van der Waals surface area contributed by atoms with E-state index in [2.05, 4.69) is 31.8 Å². The molecule has 3 aromatic heterocycles. The first-order chi connectivity index (χ1) is 13.1. The van der Waals surface area contributed by atoms with Crippen LogP contribution in [0.1, 0.15) is 25.1 Å². The van der Waals surface area contributed by atoms with Crippen molar-refractivity contribution in [3.05, 3.63) is 24.3 Å². The molecular formula is C16H21N7O3S. The number of aromatic amines is 1. The molecule has 5 rings (SSSR count). The maximum absolute atomic E-state index is 12.7. The fourth-order valence-electron chi connectivity index (χ4n) is 3.96. The minimum absolute atomic E-state index is 0.0280. The van der Waals surface area contributed by atoms with Gasteiger partial charge in [-0.15, -0.1) is 10.2 Å². The lowest BCUT2D eigenvalue weighted by Gasteiger charge is -2.28. The summed E-state index contributed by atoms with van der Waals surface area (Å²) in [6, 6.07) is 1.80. The van der Waals surface area contributed by atoms with E-state index in [9.17, 15) is 8.42 Å². The molecule has 2 aliphatic heterocycles. The molecule has 2 saturated heterocycles. The summed E-state index contributed by atoms with van der Waals surface area (Å²) in [6.45, 7) is 3.80. The molecule has 5 heterocycles. The van der Waals surface area contributed by atoms with Gasteiger partial charge in [0.15, 0.2) is 11.3 Å². The first kappa shape index (κ1) is 17.0. The van der Waals surface area contributed by atoms with Crippen LogP contribution in [-0.2, 0) is 14.9 Å². The van der Waals surface area contributed by atoms with Crippen LogP contribution in [0.15, 0.2) is 18.5 Å². The second kappa shape index (κ2) is 6.23. The van der Waals surface area contributed by atoms with E-state index >= 15 is 0 Å². The molecule has 27 heavy (non-hydrogen) atoms. The van der Waals surface area contributed by atoms with Crippen LogP contribution in [0.3, 0.4) is 0 Å². The number of hydrogen-bond donors (Lipinski definition) is 2. The summed E-state index contributed by atoms with van der Waals surface area (Å²) in [4.78, 5) is 7.44. The molecule has 0 spiro atoms. The predicted molar refractivity (Wildman–Crippen MR) is 97.4 cm³/mol. The van der Waals surface area contributed by atoms with Crippen LogP contribution in [0.5, 0.6) is 0 Å². The van der Waals surface area contributed by atoms with Crippen molar-refractivity contribution in [1.29, 1.82) is 0 Å². The van der Waals surface area contributed by atoms with Gasteiger partial charge in [0.05, 0.1) is 31.0 Å². The number of fused-ring (bicyclic) bond motifs is 3. The highest BCUT2D eigenvalue weighted by Crippen LogP contribution is 2.35. The monoisotopic (exact) mass is 391 g/mol. The lowest BCUT2D eigenvalue weighted by atomic mass is 9.93. The van der Waals surface area contributed by atoms with Gasteiger partial charge in [0.1, 0.15) is 5.82 Å². The number of hydrogen-bond acceptors (Lipinski definition) is 6. The molecule has 2 atom stereocenters. The van der Waals surface area contributed by atoms with Crippen molar-refractivity contribution >= 4 is 27.0 Å². The van der Waals surface area contributed by atoms with Crippen LogP contribution in [0.2, 0.25) is 0 Å². The van der Waals surface area contributed by atoms with Crippen LogP contribution in [0, 0.1) is 5.92 Å². The topological polar surface area (TPSA) is 118 Å². The van der Waals surface area contributed by atoms with Crippen LogP contribution < -0.4 is 4.72 Å². The number of nitrogens with zero attached hydrogens (tertiary/aromatic N) is 5. The Kier molecular flexibility index (Phi) is 3.93. The Morgan fingerprint density at radius 1 is 1.33 bits per heavy atom. The van der Waals surface area contributed by atoms with Gasteiger partial charge in [0.2, 0.25) is 0 Å². The maximum atomic E-state index is 12.7. The van der Waals surface area contributed by atoms with E-state index in [0.29, 0.717) is 32.0 Å². The molecule has 0 aromatic carbocycles. The average molecular weight is 391 g/mol. The second-order valence-electron chi connectivity index (χ2n) is 7.17.